The molecule has 0 aromatic heterocycles. The Hall–Kier alpha value is -0.940. The van der Waals surface area contributed by atoms with E-state index in [-0.39, 0.29) is 17.9 Å². The first-order chi connectivity index (χ1) is 7.72. The van der Waals surface area contributed by atoms with Crippen molar-refractivity contribution < 1.29 is 9.59 Å². The van der Waals surface area contributed by atoms with Crippen molar-refractivity contribution in [2.24, 2.45) is 5.73 Å². The fourth-order valence-corrected chi connectivity index (χ4v) is 2.54. The molecular weight excluding hydrogens is 206 g/mol. The van der Waals surface area contributed by atoms with Gasteiger partial charge in [0.2, 0.25) is 11.8 Å². The Morgan fingerprint density at radius 1 is 1.19 bits per heavy atom. The largest absolute Gasteiger partial charge is 0.318 e. The molecule has 0 aromatic rings. The fraction of sp³-hybridized carbons (Fsp3) is 0.818. The molecule has 90 valence electrons. The van der Waals surface area contributed by atoms with Gasteiger partial charge in [0, 0.05) is 32.1 Å². The molecule has 5 heteroatoms. The predicted molar refractivity (Wildman–Crippen MR) is 59.4 cm³/mol. The van der Waals surface area contributed by atoms with E-state index < -0.39 is 0 Å². The number of nitrogens with two attached hydrogens (primary N) is 1. The Balaban J connectivity index is 1.96. The summed E-state index contributed by atoms with van der Waals surface area (Å²) in [6.45, 7) is 2.03. The molecule has 2 N–H and O–H groups in total. The summed E-state index contributed by atoms with van der Waals surface area (Å²) >= 11 is 0. The standard InChI is InChI=1S/C11H19N3O2/c12-8-13-6-2-1-3-9(13)7-14-10(15)4-5-11(14)16/h9H,1-8,12H2. The molecule has 2 rings (SSSR count). The van der Waals surface area contributed by atoms with E-state index in [0.717, 1.165) is 25.8 Å². The molecule has 1 atom stereocenters. The Morgan fingerprint density at radius 2 is 1.88 bits per heavy atom. The highest BCUT2D eigenvalue weighted by Gasteiger charge is 2.33. The predicted octanol–water partition coefficient (Wildman–Crippen LogP) is -0.0939. The van der Waals surface area contributed by atoms with Gasteiger partial charge in [0.15, 0.2) is 0 Å². The number of nitrogens with zero attached hydrogens (tertiary/aromatic N) is 2. The van der Waals surface area contributed by atoms with Crippen LogP contribution in [-0.4, -0.2) is 47.4 Å². The number of imide groups is 1. The number of carbonyl (C=O) groups excluding carboxylic acids is 2. The summed E-state index contributed by atoms with van der Waals surface area (Å²) in [4.78, 5) is 26.6. The minimum atomic E-state index is -0.0208. The smallest absolute Gasteiger partial charge is 0.229 e. The molecule has 2 aliphatic heterocycles. The lowest BCUT2D eigenvalue weighted by Gasteiger charge is -2.36. The van der Waals surface area contributed by atoms with Gasteiger partial charge in [-0.25, -0.2) is 0 Å². The van der Waals surface area contributed by atoms with Gasteiger partial charge in [-0.05, 0) is 19.4 Å². The zero-order chi connectivity index (χ0) is 11.5. The summed E-state index contributed by atoms with van der Waals surface area (Å²) < 4.78 is 0. The van der Waals surface area contributed by atoms with E-state index in [1.54, 1.807) is 0 Å². The maximum atomic E-state index is 11.5. The summed E-state index contributed by atoms with van der Waals surface area (Å²) in [6, 6.07) is 0.268. The average Bonchev–Trinajstić information content (AvgIpc) is 2.61. The van der Waals surface area contributed by atoms with Gasteiger partial charge in [-0.2, -0.15) is 0 Å². The van der Waals surface area contributed by atoms with Crippen molar-refractivity contribution in [3.8, 4) is 0 Å². The molecule has 0 radical (unpaired) electrons. The molecule has 2 heterocycles. The van der Waals surface area contributed by atoms with Crippen LogP contribution in [0.3, 0.4) is 0 Å². The zero-order valence-electron chi connectivity index (χ0n) is 9.52. The van der Waals surface area contributed by atoms with Crippen LogP contribution in [0.2, 0.25) is 0 Å². The quantitative estimate of drug-likeness (QED) is 0.681. The molecule has 5 nitrogen and oxygen atoms in total. The number of hydrogen-bond donors (Lipinski definition) is 1. The van der Waals surface area contributed by atoms with Crippen molar-refractivity contribution in [2.45, 2.75) is 38.1 Å². The number of likely N-dealkylation sites (tertiary alicyclic amines) is 2. The molecule has 2 aliphatic rings. The lowest BCUT2D eigenvalue weighted by Crippen LogP contribution is -2.49. The fourth-order valence-electron chi connectivity index (χ4n) is 2.54. The Bertz CT molecular complexity index is 277. The van der Waals surface area contributed by atoms with E-state index in [4.69, 9.17) is 5.73 Å². The monoisotopic (exact) mass is 225 g/mol. The number of rotatable bonds is 3. The lowest BCUT2D eigenvalue weighted by molar-refractivity contribution is -0.139. The Labute approximate surface area is 95.6 Å². The third kappa shape index (κ3) is 2.25. The van der Waals surface area contributed by atoms with E-state index in [9.17, 15) is 9.59 Å². The van der Waals surface area contributed by atoms with Crippen molar-refractivity contribution in [1.29, 1.82) is 0 Å². The highest BCUT2D eigenvalue weighted by atomic mass is 16.2. The highest BCUT2D eigenvalue weighted by Crippen LogP contribution is 2.20. The van der Waals surface area contributed by atoms with E-state index in [1.807, 2.05) is 0 Å². The van der Waals surface area contributed by atoms with E-state index >= 15 is 0 Å². The summed E-state index contributed by atoms with van der Waals surface area (Å²) in [5.74, 6) is -0.0416. The van der Waals surface area contributed by atoms with Crippen molar-refractivity contribution in [2.75, 3.05) is 19.8 Å². The van der Waals surface area contributed by atoms with Crippen LogP contribution in [0.15, 0.2) is 0 Å². The minimum Gasteiger partial charge on any atom is -0.318 e. The lowest BCUT2D eigenvalue weighted by atomic mass is 10.0. The summed E-state index contributed by atoms with van der Waals surface area (Å²) in [7, 11) is 0. The third-order valence-electron chi connectivity index (χ3n) is 3.53. The maximum Gasteiger partial charge on any atom is 0.229 e. The SMILES string of the molecule is NCN1CCCCC1CN1C(=O)CCC1=O. The molecule has 2 amide bonds. The number of hydrogen-bond acceptors (Lipinski definition) is 4. The third-order valence-corrected chi connectivity index (χ3v) is 3.53. The summed E-state index contributed by atoms with van der Waals surface area (Å²) in [5, 5.41) is 0. The van der Waals surface area contributed by atoms with E-state index in [1.165, 1.54) is 4.90 Å². The first-order valence-electron chi connectivity index (χ1n) is 5.99. The van der Waals surface area contributed by atoms with Crippen LogP contribution in [0, 0.1) is 0 Å². The van der Waals surface area contributed by atoms with E-state index in [0.29, 0.717) is 26.1 Å². The molecule has 0 aromatic carbocycles. The summed E-state index contributed by atoms with van der Waals surface area (Å²) in [5.41, 5.74) is 5.67. The van der Waals surface area contributed by atoms with Crippen LogP contribution in [0.1, 0.15) is 32.1 Å². The van der Waals surface area contributed by atoms with Gasteiger partial charge in [-0.15, -0.1) is 0 Å². The maximum absolute atomic E-state index is 11.5. The van der Waals surface area contributed by atoms with Gasteiger partial charge in [0.1, 0.15) is 0 Å². The Morgan fingerprint density at radius 3 is 2.50 bits per heavy atom. The molecule has 2 fully saturated rings. The van der Waals surface area contributed by atoms with Crippen molar-refractivity contribution in [3.05, 3.63) is 0 Å². The first kappa shape index (κ1) is 11.5. The molecule has 0 spiro atoms. The Kier molecular flexibility index (Phi) is 3.56. The van der Waals surface area contributed by atoms with Gasteiger partial charge in [-0.1, -0.05) is 6.42 Å². The van der Waals surface area contributed by atoms with Crippen molar-refractivity contribution in [1.82, 2.24) is 9.80 Å². The highest BCUT2D eigenvalue weighted by molar-refractivity contribution is 6.01. The van der Waals surface area contributed by atoms with Crippen LogP contribution in [-0.2, 0) is 9.59 Å². The molecule has 2 saturated heterocycles. The molecule has 16 heavy (non-hydrogen) atoms. The van der Waals surface area contributed by atoms with E-state index in [2.05, 4.69) is 4.90 Å². The molecule has 0 aliphatic carbocycles. The second kappa shape index (κ2) is 4.93. The average molecular weight is 225 g/mol. The van der Waals surface area contributed by atoms with Crippen LogP contribution in [0.5, 0.6) is 0 Å². The second-order valence-electron chi connectivity index (χ2n) is 4.54. The second-order valence-corrected chi connectivity index (χ2v) is 4.54. The van der Waals surface area contributed by atoms with Gasteiger partial charge in [-0.3, -0.25) is 19.4 Å². The summed E-state index contributed by atoms with van der Waals surface area (Å²) in [6.07, 6.45) is 4.13. The van der Waals surface area contributed by atoms with Crippen molar-refractivity contribution in [3.63, 3.8) is 0 Å². The molecule has 1 unspecified atom stereocenters. The van der Waals surface area contributed by atoms with Crippen LogP contribution < -0.4 is 5.73 Å². The normalized spacial score (nSPS) is 27.8. The van der Waals surface area contributed by atoms with Crippen molar-refractivity contribution >= 4 is 11.8 Å². The zero-order valence-corrected chi connectivity index (χ0v) is 9.52. The first-order valence-corrected chi connectivity index (χ1v) is 5.99. The van der Waals surface area contributed by atoms with Crippen LogP contribution >= 0.6 is 0 Å². The topological polar surface area (TPSA) is 66.6 Å². The van der Waals surface area contributed by atoms with Crippen LogP contribution in [0.25, 0.3) is 0 Å². The van der Waals surface area contributed by atoms with Gasteiger partial charge >= 0.3 is 0 Å². The van der Waals surface area contributed by atoms with Crippen LogP contribution in [0.4, 0.5) is 0 Å². The molecule has 0 bridgehead atoms. The van der Waals surface area contributed by atoms with Gasteiger partial charge in [0.05, 0.1) is 0 Å². The number of amides is 2. The van der Waals surface area contributed by atoms with Gasteiger partial charge < -0.3 is 5.73 Å². The molecule has 0 saturated carbocycles. The molecular formula is C11H19N3O2. The van der Waals surface area contributed by atoms with Gasteiger partial charge in [0.25, 0.3) is 0 Å². The number of carbonyl (C=O) groups is 2. The minimum absolute atomic E-state index is 0.0208. The number of piperidine rings is 1.